The van der Waals surface area contributed by atoms with Gasteiger partial charge in [-0.15, -0.1) is 0 Å². The zero-order chi connectivity index (χ0) is 19.8. The first kappa shape index (κ1) is 18.0. The molecule has 0 radical (unpaired) electrons. The topological polar surface area (TPSA) is 56.2 Å². The van der Waals surface area contributed by atoms with Crippen molar-refractivity contribution < 1.29 is 4.39 Å². The summed E-state index contributed by atoms with van der Waals surface area (Å²) in [6.45, 7) is 0. The van der Waals surface area contributed by atoms with Crippen LogP contribution in [0.15, 0.2) is 67.1 Å². The van der Waals surface area contributed by atoms with Gasteiger partial charge < -0.3 is 5.73 Å². The minimum atomic E-state index is -0.251. The Morgan fingerprint density at radius 1 is 0.931 bits per heavy atom. The van der Waals surface area contributed by atoms with Crippen molar-refractivity contribution in [2.24, 2.45) is 5.73 Å². The Bertz CT molecular complexity index is 1130. The minimum absolute atomic E-state index is 0.251. The van der Waals surface area contributed by atoms with E-state index in [1.807, 2.05) is 16.6 Å². The molecule has 1 aliphatic carbocycles. The lowest BCUT2D eigenvalue weighted by Gasteiger charge is -2.26. The normalized spacial score (nSPS) is 19.5. The second kappa shape index (κ2) is 7.41. The van der Waals surface area contributed by atoms with Crippen molar-refractivity contribution in [2.45, 2.75) is 37.6 Å². The predicted octanol–water partition coefficient (Wildman–Crippen LogP) is 5.19. The lowest BCUT2D eigenvalue weighted by Crippen LogP contribution is -2.26. The maximum Gasteiger partial charge on any atom is 0.123 e. The van der Waals surface area contributed by atoms with Gasteiger partial charge in [0.05, 0.1) is 5.52 Å². The molecule has 0 unspecified atom stereocenters. The summed E-state index contributed by atoms with van der Waals surface area (Å²) in [5, 5.41) is 4.91. The first-order valence-electron chi connectivity index (χ1n) is 10.1. The zero-order valence-electron chi connectivity index (χ0n) is 16.1. The number of rotatable bonds is 3. The maximum atomic E-state index is 13.5. The van der Waals surface area contributed by atoms with Gasteiger partial charge in [-0.25, -0.2) is 8.91 Å². The van der Waals surface area contributed by atoms with E-state index in [0.717, 1.165) is 40.7 Å². The van der Waals surface area contributed by atoms with Gasteiger partial charge in [0.1, 0.15) is 11.5 Å². The van der Waals surface area contributed by atoms with Crippen molar-refractivity contribution in [1.29, 1.82) is 0 Å². The molecule has 1 saturated carbocycles. The number of halogens is 1. The van der Waals surface area contributed by atoms with Crippen molar-refractivity contribution in [3.63, 3.8) is 0 Å². The second-order valence-corrected chi connectivity index (χ2v) is 7.88. The molecule has 29 heavy (non-hydrogen) atoms. The molecule has 5 rings (SSSR count). The van der Waals surface area contributed by atoms with Gasteiger partial charge in [0.15, 0.2) is 0 Å². The first-order valence-corrected chi connectivity index (χ1v) is 10.1. The molecule has 4 nitrogen and oxygen atoms in total. The average Bonchev–Trinajstić information content (AvgIpc) is 3.13. The highest BCUT2D eigenvalue weighted by molar-refractivity contribution is 5.92. The van der Waals surface area contributed by atoms with Gasteiger partial charge in [0.25, 0.3) is 0 Å². The molecule has 0 bridgehead atoms. The molecule has 2 atom stereocenters. The number of pyridine rings is 2. The third-order valence-corrected chi connectivity index (χ3v) is 5.93. The van der Waals surface area contributed by atoms with Crippen molar-refractivity contribution in [3.05, 3.63) is 78.5 Å². The Labute approximate surface area is 169 Å². The van der Waals surface area contributed by atoms with E-state index < -0.39 is 0 Å². The first-order chi connectivity index (χ1) is 14.2. The molecule has 5 heteroatoms. The fourth-order valence-electron chi connectivity index (χ4n) is 4.45. The van der Waals surface area contributed by atoms with E-state index in [-0.39, 0.29) is 11.9 Å². The Morgan fingerprint density at radius 2 is 1.72 bits per heavy atom. The number of hydrogen-bond acceptors (Lipinski definition) is 3. The van der Waals surface area contributed by atoms with Crippen molar-refractivity contribution >= 4 is 5.52 Å². The number of fused-ring (bicyclic) bond motifs is 1. The highest BCUT2D eigenvalue weighted by Gasteiger charge is 2.22. The predicted molar refractivity (Wildman–Crippen MR) is 113 cm³/mol. The van der Waals surface area contributed by atoms with Crippen LogP contribution < -0.4 is 5.73 Å². The quantitative estimate of drug-likeness (QED) is 0.527. The Morgan fingerprint density at radius 3 is 2.48 bits per heavy atom. The van der Waals surface area contributed by atoms with Crippen LogP contribution in [0.2, 0.25) is 0 Å². The van der Waals surface area contributed by atoms with Gasteiger partial charge in [0, 0.05) is 35.8 Å². The smallest absolute Gasteiger partial charge is 0.123 e. The van der Waals surface area contributed by atoms with Gasteiger partial charge in [-0.05, 0) is 78.8 Å². The van der Waals surface area contributed by atoms with Crippen LogP contribution >= 0.6 is 0 Å². The molecular formula is C24H23FN4. The monoisotopic (exact) mass is 386 g/mol. The van der Waals surface area contributed by atoms with Crippen LogP contribution in [0.1, 0.15) is 37.2 Å². The van der Waals surface area contributed by atoms with Gasteiger partial charge >= 0.3 is 0 Å². The van der Waals surface area contributed by atoms with E-state index in [2.05, 4.69) is 23.3 Å². The molecule has 4 aromatic rings. The molecule has 1 fully saturated rings. The Kier molecular flexibility index (Phi) is 4.60. The van der Waals surface area contributed by atoms with Gasteiger partial charge in [-0.1, -0.05) is 12.5 Å². The molecule has 0 spiro atoms. The van der Waals surface area contributed by atoms with Gasteiger partial charge in [-0.3, -0.25) is 4.98 Å². The molecule has 0 amide bonds. The van der Waals surface area contributed by atoms with Crippen LogP contribution in [0.5, 0.6) is 0 Å². The third kappa shape index (κ3) is 3.42. The SMILES string of the molecule is N[C@@H]1CCC[C@@H](c2ccc3c(-c4ccncc4)c(-c4ccc(F)cc4)nn3c2)C1. The number of hydrogen-bond donors (Lipinski definition) is 1. The second-order valence-electron chi connectivity index (χ2n) is 7.88. The summed E-state index contributed by atoms with van der Waals surface area (Å²) in [7, 11) is 0. The molecule has 146 valence electrons. The molecule has 3 aromatic heterocycles. The van der Waals surface area contributed by atoms with E-state index in [1.54, 1.807) is 24.5 Å². The number of nitrogens with zero attached hydrogens (tertiary/aromatic N) is 3. The largest absolute Gasteiger partial charge is 0.328 e. The van der Waals surface area contributed by atoms with E-state index in [0.29, 0.717) is 5.92 Å². The standard InChI is InChI=1S/C24H23FN4/c25-20-7-4-17(5-8-20)24-23(16-10-12-27-13-11-16)22-9-6-19(15-29(22)28-24)18-2-1-3-21(26)14-18/h4-13,15,18,21H,1-3,14,26H2/t18-,21-/m1/s1. The highest BCUT2D eigenvalue weighted by Crippen LogP contribution is 2.37. The molecular weight excluding hydrogens is 363 g/mol. The summed E-state index contributed by atoms with van der Waals surface area (Å²) in [6, 6.07) is 15.1. The van der Waals surface area contributed by atoms with Crippen LogP contribution in [-0.2, 0) is 0 Å². The summed E-state index contributed by atoms with van der Waals surface area (Å²) in [5.41, 5.74) is 12.3. The van der Waals surface area contributed by atoms with Crippen molar-refractivity contribution in [3.8, 4) is 22.4 Å². The molecule has 1 aliphatic rings. The van der Waals surface area contributed by atoms with Gasteiger partial charge in [-0.2, -0.15) is 5.10 Å². The highest BCUT2D eigenvalue weighted by atomic mass is 19.1. The summed E-state index contributed by atoms with van der Waals surface area (Å²) < 4.78 is 15.4. The van der Waals surface area contributed by atoms with E-state index >= 15 is 0 Å². The van der Waals surface area contributed by atoms with Crippen molar-refractivity contribution in [1.82, 2.24) is 14.6 Å². The van der Waals surface area contributed by atoms with Crippen LogP contribution in [0, 0.1) is 5.82 Å². The lowest BCUT2D eigenvalue weighted by atomic mass is 9.82. The average molecular weight is 386 g/mol. The number of benzene rings is 1. The molecule has 0 aliphatic heterocycles. The Hall–Kier alpha value is -3.05. The molecule has 1 aromatic carbocycles. The van der Waals surface area contributed by atoms with Crippen LogP contribution in [0.4, 0.5) is 4.39 Å². The summed E-state index contributed by atoms with van der Waals surface area (Å²) >= 11 is 0. The van der Waals surface area contributed by atoms with Crippen LogP contribution in [-0.4, -0.2) is 20.6 Å². The summed E-state index contributed by atoms with van der Waals surface area (Å²) in [4.78, 5) is 4.14. The summed E-state index contributed by atoms with van der Waals surface area (Å²) in [6.07, 6.45) is 10.2. The summed E-state index contributed by atoms with van der Waals surface area (Å²) in [5.74, 6) is 0.227. The fourth-order valence-corrected chi connectivity index (χ4v) is 4.45. The van der Waals surface area contributed by atoms with Crippen molar-refractivity contribution in [2.75, 3.05) is 0 Å². The third-order valence-electron chi connectivity index (χ3n) is 5.93. The Balaban J connectivity index is 1.67. The van der Waals surface area contributed by atoms with E-state index in [1.165, 1.54) is 30.5 Å². The van der Waals surface area contributed by atoms with E-state index in [4.69, 9.17) is 10.8 Å². The lowest BCUT2D eigenvalue weighted by molar-refractivity contribution is 0.392. The minimum Gasteiger partial charge on any atom is -0.328 e. The van der Waals surface area contributed by atoms with Crippen LogP contribution in [0.25, 0.3) is 27.9 Å². The number of aromatic nitrogens is 3. The van der Waals surface area contributed by atoms with Crippen LogP contribution in [0.3, 0.4) is 0 Å². The molecule has 0 saturated heterocycles. The number of nitrogens with two attached hydrogens (primary N) is 1. The molecule has 2 N–H and O–H groups in total. The van der Waals surface area contributed by atoms with E-state index in [9.17, 15) is 4.39 Å². The zero-order valence-corrected chi connectivity index (χ0v) is 16.1. The molecule has 3 heterocycles. The van der Waals surface area contributed by atoms with Gasteiger partial charge in [0.2, 0.25) is 0 Å². The maximum absolute atomic E-state index is 13.5. The fraction of sp³-hybridized carbons (Fsp3) is 0.250.